The number of ether oxygens (including phenoxy) is 1. The Hall–Kier alpha value is 2.20. The van der Waals surface area contributed by atoms with Crippen LogP contribution in [0.4, 0.5) is 0 Å². The van der Waals surface area contributed by atoms with Crippen molar-refractivity contribution in [3.8, 4) is 0 Å². The third-order valence-electron chi connectivity index (χ3n) is 6.28. The Balaban J connectivity index is 2.14. The second-order valence-electron chi connectivity index (χ2n) is 9.53. The van der Waals surface area contributed by atoms with Gasteiger partial charge in [0.1, 0.15) is 5.60 Å². The molecule has 35 heavy (non-hydrogen) atoms. The molecular weight excluding hydrogens is 1060 g/mol. The molecular formula is C18H18Br9N3O5. The van der Waals surface area contributed by atoms with E-state index in [2.05, 4.69) is 159 Å². The van der Waals surface area contributed by atoms with Crippen molar-refractivity contribution >= 4 is 167 Å². The predicted octanol–water partition coefficient (Wildman–Crippen LogP) is 5.75. The van der Waals surface area contributed by atoms with E-state index in [1.54, 1.807) is 0 Å². The summed E-state index contributed by atoms with van der Waals surface area (Å²) in [5.41, 5.74) is -3.78. The molecule has 17 heteroatoms. The van der Waals surface area contributed by atoms with Gasteiger partial charge in [0.25, 0.3) is 17.7 Å². The molecule has 0 aliphatic heterocycles. The Morgan fingerprint density at radius 3 is 1.03 bits per heavy atom. The smallest absolute Gasteiger partial charge is 0.303 e. The van der Waals surface area contributed by atoms with Crippen LogP contribution in [0, 0.1) is 0 Å². The van der Waals surface area contributed by atoms with Gasteiger partial charge in [-0.25, -0.2) is 0 Å². The Bertz CT molecular complexity index is 843. The Labute approximate surface area is 277 Å². The molecule has 0 heterocycles. The van der Waals surface area contributed by atoms with Crippen LogP contribution in [0.5, 0.6) is 0 Å². The molecule has 0 aromatic heterocycles. The predicted molar refractivity (Wildman–Crippen MR) is 163 cm³/mol. The van der Waals surface area contributed by atoms with Gasteiger partial charge in [-0.1, -0.05) is 0 Å². The summed E-state index contributed by atoms with van der Waals surface area (Å²) < 4.78 is 2.24. The first-order valence-corrected chi connectivity index (χ1v) is 17.1. The maximum absolute atomic E-state index is 13.1. The largest absolute Gasteiger partial charge is 0.459 e. The van der Waals surface area contributed by atoms with Crippen molar-refractivity contribution in [1.82, 2.24) is 16.0 Å². The van der Waals surface area contributed by atoms with Crippen molar-refractivity contribution in [3.05, 3.63) is 0 Å². The molecule has 4 bridgehead atoms. The van der Waals surface area contributed by atoms with E-state index in [9.17, 15) is 19.2 Å². The minimum Gasteiger partial charge on any atom is -0.459 e. The van der Waals surface area contributed by atoms with Crippen LogP contribution in [0.3, 0.4) is 0 Å². The fourth-order valence-electron chi connectivity index (χ4n) is 6.29. The number of halogens is 9. The number of hydrogen-bond donors (Lipinski definition) is 3. The van der Waals surface area contributed by atoms with Gasteiger partial charge in [-0.2, -0.15) is 0 Å². The average Bonchev–Trinajstić information content (AvgIpc) is 2.55. The van der Waals surface area contributed by atoms with Gasteiger partial charge >= 0.3 is 5.97 Å². The normalized spacial score (nSPS) is 34.2. The molecule has 0 aromatic carbocycles. The summed E-state index contributed by atoms with van der Waals surface area (Å²) in [7, 11) is 0. The molecule has 0 aromatic rings. The van der Waals surface area contributed by atoms with Crippen LogP contribution in [0.15, 0.2) is 0 Å². The monoisotopic (exact) mass is 1070 g/mol. The zero-order chi connectivity index (χ0) is 26.9. The molecule has 4 aliphatic carbocycles. The lowest BCUT2D eigenvalue weighted by Crippen LogP contribution is -2.82. The number of esters is 1. The SMILES string of the molecule is CC(=O)OC12CC3(NC(=O)C(Br)(Br)Br)CC(NC(=O)C(Br)(Br)Br)(CC(NC(=O)C(Br)(Br)Br)(C3)C1)C2. The Morgan fingerprint density at radius 1 is 0.571 bits per heavy atom. The Morgan fingerprint density at radius 2 is 0.829 bits per heavy atom. The number of alkyl halides is 9. The lowest BCUT2D eigenvalue weighted by atomic mass is 9.45. The lowest BCUT2D eigenvalue weighted by molar-refractivity contribution is -0.204. The highest BCUT2D eigenvalue weighted by atomic mass is 80.0. The summed E-state index contributed by atoms with van der Waals surface area (Å²) in [6, 6.07) is 0. The van der Waals surface area contributed by atoms with Crippen molar-refractivity contribution in [3.63, 3.8) is 0 Å². The van der Waals surface area contributed by atoms with E-state index in [1.165, 1.54) is 6.92 Å². The minimum absolute atomic E-state index is 0.327. The standard InChI is InChI=1S/C18H18Br9N3O5/c1-8(31)35-15-5-12(28-9(32)16(19,20)21)2-13(6-15,29-10(33)17(22,23)24)4-14(3-12,7-15)30-11(34)18(25,26)27/h2-7H2,1H3,(H,28,32)(H,29,33)(H,30,34). The average molecular weight is 1080 g/mol. The van der Waals surface area contributed by atoms with E-state index in [-0.39, 0.29) is 0 Å². The van der Waals surface area contributed by atoms with E-state index >= 15 is 0 Å². The lowest BCUT2D eigenvalue weighted by Gasteiger charge is -2.69. The van der Waals surface area contributed by atoms with Crippen LogP contribution in [-0.2, 0) is 23.9 Å². The molecule has 0 unspecified atom stereocenters. The molecule has 0 atom stereocenters. The van der Waals surface area contributed by atoms with E-state index in [0.717, 1.165) is 0 Å². The highest BCUT2D eigenvalue weighted by Crippen LogP contribution is 2.63. The van der Waals surface area contributed by atoms with E-state index in [0.29, 0.717) is 38.5 Å². The molecule has 4 aliphatic rings. The second kappa shape index (κ2) is 10.2. The zero-order valence-electron chi connectivity index (χ0n) is 17.7. The molecule has 4 fully saturated rings. The number of hydrogen-bond acceptors (Lipinski definition) is 5. The van der Waals surface area contributed by atoms with Crippen LogP contribution < -0.4 is 16.0 Å². The molecule has 0 radical (unpaired) electrons. The summed E-state index contributed by atoms with van der Waals surface area (Å²) in [5.74, 6) is -1.72. The van der Waals surface area contributed by atoms with Gasteiger partial charge < -0.3 is 20.7 Å². The highest BCUT2D eigenvalue weighted by molar-refractivity contribution is 9.40. The Kier molecular flexibility index (Phi) is 9.28. The number of carbonyl (C=O) groups is 4. The van der Waals surface area contributed by atoms with Crippen LogP contribution in [0.2, 0.25) is 0 Å². The number of carbonyl (C=O) groups excluding carboxylic acids is 4. The van der Waals surface area contributed by atoms with E-state index in [4.69, 9.17) is 4.74 Å². The summed E-state index contributed by atoms with van der Waals surface area (Å²) in [5, 5.41) is 9.28. The molecule has 3 amide bonds. The van der Waals surface area contributed by atoms with Gasteiger partial charge in [-0.05, 0) is 163 Å². The van der Waals surface area contributed by atoms with Gasteiger partial charge in [0.15, 0.2) is 0 Å². The summed E-state index contributed by atoms with van der Waals surface area (Å²) in [6.07, 6.45) is 2.08. The van der Waals surface area contributed by atoms with Crippen LogP contribution in [-0.4, -0.2) is 52.3 Å². The molecule has 0 spiro atoms. The second-order valence-corrected chi connectivity index (χ2v) is 29.8. The van der Waals surface area contributed by atoms with Crippen molar-refractivity contribution in [2.45, 2.75) is 74.1 Å². The van der Waals surface area contributed by atoms with Gasteiger partial charge in [0.05, 0.1) is 0 Å². The maximum Gasteiger partial charge on any atom is 0.303 e. The fourth-order valence-corrected chi connectivity index (χ4v) is 7.18. The van der Waals surface area contributed by atoms with E-state index in [1.807, 2.05) is 0 Å². The van der Waals surface area contributed by atoms with Gasteiger partial charge in [0, 0.05) is 42.8 Å². The molecule has 4 saturated carbocycles. The van der Waals surface area contributed by atoms with E-state index < -0.39 is 52.3 Å². The van der Waals surface area contributed by atoms with Crippen molar-refractivity contribution in [1.29, 1.82) is 0 Å². The maximum atomic E-state index is 13.1. The molecule has 4 rings (SSSR count). The molecule has 3 N–H and O–H groups in total. The van der Waals surface area contributed by atoms with Crippen molar-refractivity contribution in [2.24, 2.45) is 0 Å². The number of nitrogens with one attached hydrogen (secondary N) is 3. The van der Waals surface area contributed by atoms with Crippen molar-refractivity contribution in [2.75, 3.05) is 0 Å². The fraction of sp³-hybridized carbons (Fsp3) is 0.778. The first-order valence-electron chi connectivity index (χ1n) is 9.92. The van der Waals surface area contributed by atoms with Gasteiger partial charge in [-0.3, -0.25) is 19.2 Å². The first kappa shape index (κ1) is 31.7. The van der Waals surface area contributed by atoms with Crippen molar-refractivity contribution < 1.29 is 23.9 Å². The third-order valence-corrected chi connectivity index (χ3v) is 9.52. The highest BCUT2D eigenvalue weighted by Gasteiger charge is 2.71. The quantitative estimate of drug-likeness (QED) is 0.246. The minimum atomic E-state index is -1.23. The number of rotatable bonds is 4. The third kappa shape index (κ3) is 7.29. The summed E-state index contributed by atoms with van der Waals surface area (Å²) in [4.78, 5) is 51.4. The summed E-state index contributed by atoms with van der Waals surface area (Å²) in [6.45, 7) is 1.32. The topological polar surface area (TPSA) is 114 Å². The van der Waals surface area contributed by atoms with Gasteiger partial charge in [0.2, 0.25) is 6.43 Å². The molecule has 8 nitrogen and oxygen atoms in total. The zero-order valence-corrected chi connectivity index (χ0v) is 32.0. The van der Waals surface area contributed by atoms with Crippen LogP contribution >= 0.6 is 143 Å². The van der Waals surface area contributed by atoms with Crippen LogP contribution in [0.1, 0.15) is 45.4 Å². The molecule has 198 valence electrons. The van der Waals surface area contributed by atoms with Crippen LogP contribution in [0.25, 0.3) is 0 Å². The van der Waals surface area contributed by atoms with Gasteiger partial charge in [-0.15, -0.1) is 0 Å². The summed E-state index contributed by atoms with van der Waals surface area (Å²) >= 11 is 29.3. The molecule has 0 saturated heterocycles. The number of amides is 3. The first-order chi connectivity index (χ1) is 15.5.